The number of nitrogens with one attached hydrogen (secondary N) is 1. The third-order valence-electron chi connectivity index (χ3n) is 3.28. The summed E-state index contributed by atoms with van der Waals surface area (Å²) in [7, 11) is 2.14. The molecule has 4 heteroatoms. The predicted octanol–water partition coefficient (Wildman–Crippen LogP) is 1.51. The Kier molecular flexibility index (Phi) is 5.63. The van der Waals surface area contributed by atoms with E-state index in [4.69, 9.17) is 9.47 Å². The van der Waals surface area contributed by atoms with Crippen molar-refractivity contribution in [2.24, 2.45) is 0 Å². The molecule has 106 valence electrons. The summed E-state index contributed by atoms with van der Waals surface area (Å²) in [6.45, 7) is 7.37. The second kappa shape index (κ2) is 7.48. The molecule has 0 aliphatic carbocycles. The van der Waals surface area contributed by atoms with Crippen LogP contribution in [0.4, 0.5) is 0 Å². The zero-order valence-electron chi connectivity index (χ0n) is 11.9. The van der Waals surface area contributed by atoms with Crippen molar-refractivity contribution in [3.05, 3.63) is 29.8 Å². The first-order valence-electron chi connectivity index (χ1n) is 7.00. The number of ether oxygens (including phenoxy) is 2. The Morgan fingerprint density at radius 1 is 1.37 bits per heavy atom. The molecule has 0 spiro atoms. The van der Waals surface area contributed by atoms with Gasteiger partial charge in [0.05, 0.1) is 19.3 Å². The third kappa shape index (κ3) is 4.82. The maximum Gasteiger partial charge on any atom is 0.119 e. The lowest BCUT2D eigenvalue weighted by molar-refractivity contribution is -0.0182. The van der Waals surface area contributed by atoms with Crippen molar-refractivity contribution >= 4 is 0 Å². The number of rotatable bonds is 6. The fourth-order valence-corrected chi connectivity index (χ4v) is 2.24. The van der Waals surface area contributed by atoms with E-state index >= 15 is 0 Å². The first-order chi connectivity index (χ1) is 9.28. The van der Waals surface area contributed by atoms with Gasteiger partial charge in [0.15, 0.2) is 0 Å². The maximum atomic E-state index is 5.71. The Bertz CT molecular complexity index is 367. The third-order valence-corrected chi connectivity index (χ3v) is 3.28. The number of likely N-dealkylation sites (N-methyl/N-ethyl adjacent to an activating group) is 1. The molecule has 1 saturated heterocycles. The van der Waals surface area contributed by atoms with Crippen molar-refractivity contribution in [2.75, 3.05) is 39.9 Å². The van der Waals surface area contributed by atoms with Crippen molar-refractivity contribution in [1.29, 1.82) is 0 Å². The van der Waals surface area contributed by atoms with E-state index < -0.39 is 0 Å². The largest absolute Gasteiger partial charge is 0.494 e. The molecule has 4 nitrogen and oxygen atoms in total. The van der Waals surface area contributed by atoms with Gasteiger partial charge in [0.25, 0.3) is 0 Å². The summed E-state index contributed by atoms with van der Waals surface area (Å²) in [6, 6.07) is 8.24. The van der Waals surface area contributed by atoms with Gasteiger partial charge in [-0.25, -0.2) is 0 Å². The lowest BCUT2D eigenvalue weighted by Crippen LogP contribution is -2.44. The average molecular weight is 264 g/mol. The van der Waals surface area contributed by atoms with Crippen molar-refractivity contribution < 1.29 is 9.47 Å². The lowest BCUT2D eigenvalue weighted by Gasteiger charge is -2.30. The van der Waals surface area contributed by atoms with Gasteiger partial charge in [-0.05, 0) is 31.7 Å². The minimum atomic E-state index is 0.307. The minimum absolute atomic E-state index is 0.307. The van der Waals surface area contributed by atoms with E-state index in [1.807, 2.05) is 19.1 Å². The fourth-order valence-electron chi connectivity index (χ4n) is 2.24. The first kappa shape index (κ1) is 14.3. The summed E-state index contributed by atoms with van der Waals surface area (Å²) < 4.78 is 11.1. The van der Waals surface area contributed by atoms with Gasteiger partial charge in [-0.1, -0.05) is 12.1 Å². The SMILES string of the molecule is CCOc1ccc(CNCC2CN(C)CCO2)cc1. The van der Waals surface area contributed by atoms with Crippen LogP contribution in [-0.4, -0.2) is 50.9 Å². The van der Waals surface area contributed by atoms with Gasteiger partial charge in [0.2, 0.25) is 0 Å². The normalized spacial score (nSPS) is 20.4. The lowest BCUT2D eigenvalue weighted by atomic mass is 10.2. The summed E-state index contributed by atoms with van der Waals surface area (Å²) in [4.78, 5) is 2.31. The van der Waals surface area contributed by atoms with E-state index in [2.05, 4.69) is 29.4 Å². The monoisotopic (exact) mass is 264 g/mol. The smallest absolute Gasteiger partial charge is 0.119 e. The second-order valence-electron chi connectivity index (χ2n) is 4.96. The molecule has 1 aromatic rings. The van der Waals surface area contributed by atoms with Crippen molar-refractivity contribution in [1.82, 2.24) is 10.2 Å². The van der Waals surface area contributed by atoms with Crippen LogP contribution in [0.5, 0.6) is 5.75 Å². The molecule has 1 N–H and O–H groups in total. The van der Waals surface area contributed by atoms with Crippen LogP contribution in [0, 0.1) is 0 Å². The molecule has 0 aromatic heterocycles. The molecule has 1 aliphatic heterocycles. The van der Waals surface area contributed by atoms with Gasteiger partial charge in [-0.15, -0.1) is 0 Å². The Balaban J connectivity index is 1.70. The Hall–Kier alpha value is -1.10. The van der Waals surface area contributed by atoms with E-state index in [9.17, 15) is 0 Å². The molecule has 2 rings (SSSR count). The molecule has 1 aliphatic rings. The van der Waals surface area contributed by atoms with Crippen molar-refractivity contribution in [2.45, 2.75) is 19.6 Å². The average Bonchev–Trinajstić information content (AvgIpc) is 2.41. The summed E-state index contributed by atoms with van der Waals surface area (Å²) in [5.74, 6) is 0.934. The topological polar surface area (TPSA) is 33.7 Å². The molecule has 19 heavy (non-hydrogen) atoms. The summed E-state index contributed by atoms with van der Waals surface area (Å²) in [5.41, 5.74) is 1.27. The standard InChI is InChI=1S/C15H24N2O2/c1-3-18-14-6-4-13(5-7-14)10-16-11-15-12-17(2)8-9-19-15/h4-7,15-16H,3,8-12H2,1-2H3. The van der Waals surface area contributed by atoms with E-state index in [-0.39, 0.29) is 0 Å². The van der Waals surface area contributed by atoms with Gasteiger partial charge < -0.3 is 19.7 Å². The number of hydrogen-bond donors (Lipinski definition) is 1. The van der Waals surface area contributed by atoms with Gasteiger partial charge in [0.1, 0.15) is 5.75 Å². The van der Waals surface area contributed by atoms with E-state index in [0.29, 0.717) is 12.7 Å². The highest BCUT2D eigenvalue weighted by molar-refractivity contribution is 5.27. The molecule has 1 aromatic carbocycles. The van der Waals surface area contributed by atoms with Crippen LogP contribution < -0.4 is 10.1 Å². The minimum Gasteiger partial charge on any atom is -0.494 e. The van der Waals surface area contributed by atoms with Crippen LogP contribution in [0.25, 0.3) is 0 Å². The zero-order valence-corrected chi connectivity index (χ0v) is 11.9. The summed E-state index contributed by atoms with van der Waals surface area (Å²) >= 11 is 0. The predicted molar refractivity (Wildman–Crippen MR) is 76.6 cm³/mol. The van der Waals surface area contributed by atoms with Crippen LogP contribution in [0.2, 0.25) is 0 Å². The molecule has 0 radical (unpaired) electrons. The number of morpholine rings is 1. The van der Waals surface area contributed by atoms with E-state index in [1.165, 1.54) is 5.56 Å². The van der Waals surface area contributed by atoms with Crippen LogP contribution >= 0.6 is 0 Å². The number of nitrogens with zero attached hydrogens (tertiary/aromatic N) is 1. The maximum absolute atomic E-state index is 5.71. The van der Waals surface area contributed by atoms with Crippen LogP contribution in [0.1, 0.15) is 12.5 Å². The van der Waals surface area contributed by atoms with Gasteiger partial charge in [-0.3, -0.25) is 0 Å². The summed E-state index contributed by atoms with van der Waals surface area (Å²) in [6.07, 6.45) is 0.307. The number of benzene rings is 1. The number of hydrogen-bond acceptors (Lipinski definition) is 4. The second-order valence-corrected chi connectivity index (χ2v) is 4.96. The van der Waals surface area contributed by atoms with Crippen molar-refractivity contribution in [3.8, 4) is 5.75 Å². The zero-order chi connectivity index (χ0) is 13.5. The van der Waals surface area contributed by atoms with Crippen LogP contribution in [-0.2, 0) is 11.3 Å². The van der Waals surface area contributed by atoms with Crippen LogP contribution in [0.15, 0.2) is 24.3 Å². The summed E-state index contributed by atoms with van der Waals surface area (Å²) in [5, 5.41) is 3.45. The van der Waals surface area contributed by atoms with Gasteiger partial charge in [-0.2, -0.15) is 0 Å². The molecular weight excluding hydrogens is 240 g/mol. The highest BCUT2D eigenvalue weighted by Gasteiger charge is 2.16. The molecule has 0 bridgehead atoms. The molecule has 1 heterocycles. The van der Waals surface area contributed by atoms with Crippen molar-refractivity contribution in [3.63, 3.8) is 0 Å². The molecule has 1 atom stereocenters. The van der Waals surface area contributed by atoms with Crippen LogP contribution in [0.3, 0.4) is 0 Å². The van der Waals surface area contributed by atoms with Gasteiger partial charge >= 0.3 is 0 Å². The highest BCUT2D eigenvalue weighted by atomic mass is 16.5. The first-order valence-corrected chi connectivity index (χ1v) is 7.00. The molecule has 1 fully saturated rings. The Labute approximate surface area is 115 Å². The van der Waals surface area contributed by atoms with Gasteiger partial charge in [0, 0.05) is 26.2 Å². The molecular formula is C15H24N2O2. The fraction of sp³-hybridized carbons (Fsp3) is 0.600. The Morgan fingerprint density at radius 2 is 2.16 bits per heavy atom. The molecule has 1 unspecified atom stereocenters. The highest BCUT2D eigenvalue weighted by Crippen LogP contribution is 2.12. The van der Waals surface area contributed by atoms with E-state index in [1.54, 1.807) is 0 Å². The Morgan fingerprint density at radius 3 is 2.84 bits per heavy atom. The molecule has 0 saturated carbocycles. The quantitative estimate of drug-likeness (QED) is 0.844. The van der Waals surface area contributed by atoms with E-state index in [0.717, 1.165) is 38.5 Å². The molecule has 0 amide bonds.